The maximum atomic E-state index is 12.2. The van der Waals surface area contributed by atoms with Gasteiger partial charge in [0, 0.05) is 31.6 Å². The second-order valence-electron chi connectivity index (χ2n) is 7.37. The van der Waals surface area contributed by atoms with Crippen LogP contribution in [0.5, 0.6) is 0 Å². The Morgan fingerprint density at radius 1 is 1.14 bits per heavy atom. The lowest BCUT2D eigenvalue weighted by Gasteiger charge is -2.32. The number of nitrogens with zero attached hydrogens (tertiary/aromatic N) is 1. The largest absolute Gasteiger partial charge is 0.382 e. The second kappa shape index (κ2) is 10.7. The number of hydrogen-bond donors (Lipinski definition) is 3. The molecule has 0 spiro atoms. The van der Waals surface area contributed by atoms with Crippen molar-refractivity contribution >= 4 is 40.5 Å². The van der Waals surface area contributed by atoms with E-state index in [0.29, 0.717) is 12.8 Å². The van der Waals surface area contributed by atoms with Gasteiger partial charge in [0.1, 0.15) is 5.54 Å². The molecule has 160 valence electrons. The van der Waals surface area contributed by atoms with Gasteiger partial charge < -0.3 is 21.1 Å². The lowest BCUT2D eigenvalue weighted by molar-refractivity contribution is -0.122. The van der Waals surface area contributed by atoms with Crippen LogP contribution in [0.15, 0.2) is 36.4 Å². The van der Waals surface area contributed by atoms with Gasteiger partial charge in [0.2, 0.25) is 5.91 Å². The van der Waals surface area contributed by atoms with Crippen molar-refractivity contribution in [2.45, 2.75) is 32.2 Å². The molecule has 1 saturated heterocycles. The van der Waals surface area contributed by atoms with E-state index in [2.05, 4.69) is 33.7 Å². The summed E-state index contributed by atoms with van der Waals surface area (Å²) in [6.45, 7) is 9.31. The molecule has 1 aliphatic rings. The topological polar surface area (TPSA) is 79.6 Å². The van der Waals surface area contributed by atoms with Crippen LogP contribution in [-0.2, 0) is 9.53 Å². The van der Waals surface area contributed by atoms with Crippen LogP contribution in [0, 0.1) is 0 Å². The first-order chi connectivity index (χ1) is 13.6. The summed E-state index contributed by atoms with van der Waals surface area (Å²) in [4.78, 5) is 14.6. The van der Waals surface area contributed by atoms with E-state index in [-0.39, 0.29) is 18.3 Å². The van der Waals surface area contributed by atoms with Gasteiger partial charge in [-0.25, -0.2) is 0 Å². The van der Waals surface area contributed by atoms with E-state index in [1.807, 2.05) is 32.0 Å². The molecule has 0 radical (unpaired) electrons. The Balaban J connectivity index is 0.00000300. The first kappa shape index (κ1) is 23.3. The van der Waals surface area contributed by atoms with Gasteiger partial charge in [-0.2, -0.15) is 0 Å². The van der Waals surface area contributed by atoms with Crippen LogP contribution in [0.3, 0.4) is 0 Å². The molecule has 29 heavy (non-hydrogen) atoms. The first-order valence-electron chi connectivity index (χ1n) is 10.2. The molecule has 3 rings (SSSR count). The Morgan fingerprint density at radius 3 is 2.48 bits per heavy atom. The van der Waals surface area contributed by atoms with Gasteiger partial charge in [-0.15, -0.1) is 12.4 Å². The lowest BCUT2D eigenvalue weighted by Crippen LogP contribution is -2.49. The minimum absolute atomic E-state index is 0. The Labute approximate surface area is 179 Å². The van der Waals surface area contributed by atoms with E-state index in [4.69, 9.17) is 10.5 Å². The number of primary amides is 1. The third kappa shape index (κ3) is 5.32. The molecular weight excluding hydrogens is 388 g/mol. The predicted octanol–water partition coefficient (Wildman–Crippen LogP) is 3.46. The fourth-order valence-corrected chi connectivity index (χ4v) is 3.82. The fraction of sp³-hybridized carbons (Fsp3) is 0.500. The number of fused-ring (bicyclic) bond motifs is 1. The van der Waals surface area contributed by atoms with Crippen molar-refractivity contribution in [2.75, 3.05) is 50.0 Å². The van der Waals surface area contributed by atoms with Crippen LogP contribution in [0.4, 0.5) is 11.4 Å². The van der Waals surface area contributed by atoms with Crippen molar-refractivity contribution in [3.63, 3.8) is 0 Å². The molecule has 0 aromatic heterocycles. The summed E-state index contributed by atoms with van der Waals surface area (Å²) in [5.41, 5.74) is 6.96. The summed E-state index contributed by atoms with van der Waals surface area (Å²) in [6, 6.07) is 12.4. The quantitative estimate of drug-likeness (QED) is 0.578. The second-order valence-corrected chi connectivity index (χ2v) is 7.37. The number of anilines is 2. The molecule has 7 heteroatoms. The van der Waals surface area contributed by atoms with Crippen molar-refractivity contribution in [1.29, 1.82) is 0 Å². The number of nitrogens with two attached hydrogens (primary N) is 1. The lowest BCUT2D eigenvalue weighted by atomic mass is 9.91. The van der Waals surface area contributed by atoms with Gasteiger partial charge in [0.25, 0.3) is 0 Å². The molecule has 2 aromatic carbocycles. The van der Waals surface area contributed by atoms with Gasteiger partial charge in [-0.05, 0) is 24.3 Å². The summed E-state index contributed by atoms with van der Waals surface area (Å²) >= 11 is 0. The number of ether oxygens (including phenoxy) is 1. The van der Waals surface area contributed by atoms with Gasteiger partial charge >= 0.3 is 0 Å². The van der Waals surface area contributed by atoms with E-state index in [0.717, 1.165) is 56.2 Å². The van der Waals surface area contributed by atoms with Crippen LogP contribution in [0.2, 0.25) is 0 Å². The zero-order chi connectivity index (χ0) is 20.0. The zero-order valence-corrected chi connectivity index (χ0v) is 18.2. The van der Waals surface area contributed by atoms with Crippen LogP contribution >= 0.6 is 12.4 Å². The molecule has 0 aliphatic carbocycles. The molecule has 6 nitrogen and oxygen atoms in total. The molecular formula is C22H33ClN4O2. The average Bonchev–Trinajstić information content (AvgIpc) is 2.73. The van der Waals surface area contributed by atoms with E-state index in [1.165, 1.54) is 5.39 Å². The monoisotopic (exact) mass is 420 g/mol. The van der Waals surface area contributed by atoms with Crippen LogP contribution in [-0.4, -0.2) is 55.7 Å². The normalized spacial score (nSPS) is 15.0. The van der Waals surface area contributed by atoms with E-state index < -0.39 is 5.54 Å². The number of carbonyl (C=O) groups is 1. The first-order valence-corrected chi connectivity index (χ1v) is 10.2. The molecule has 1 aliphatic heterocycles. The molecule has 1 fully saturated rings. The fourth-order valence-electron chi connectivity index (χ4n) is 3.82. The number of morpholine rings is 1. The number of carbonyl (C=O) groups excluding carboxylic acids is 1. The molecule has 0 atom stereocenters. The Morgan fingerprint density at radius 2 is 1.83 bits per heavy atom. The highest BCUT2D eigenvalue weighted by molar-refractivity contribution is 6.01. The van der Waals surface area contributed by atoms with Crippen molar-refractivity contribution in [1.82, 2.24) is 4.90 Å². The summed E-state index contributed by atoms with van der Waals surface area (Å²) in [5, 5.41) is 9.39. The smallest absolute Gasteiger partial charge is 0.243 e. The highest BCUT2D eigenvalue weighted by Crippen LogP contribution is 2.34. The number of rotatable bonds is 9. The van der Waals surface area contributed by atoms with Crippen molar-refractivity contribution in [3.05, 3.63) is 36.4 Å². The van der Waals surface area contributed by atoms with Gasteiger partial charge in [-0.1, -0.05) is 44.2 Å². The van der Waals surface area contributed by atoms with Crippen molar-refractivity contribution in [3.8, 4) is 0 Å². The van der Waals surface area contributed by atoms with Crippen molar-refractivity contribution in [2.24, 2.45) is 5.73 Å². The van der Waals surface area contributed by atoms with Crippen LogP contribution in [0.1, 0.15) is 26.7 Å². The molecule has 2 aromatic rings. The minimum atomic E-state index is -0.747. The maximum absolute atomic E-state index is 12.2. The maximum Gasteiger partial charge on any atom is 0.243 e. The SMILES string of the molecule is CCC(CC)(Nc1ccc2ccccc2c1NCCN1CCOCC1)C(N)=O.Cl. The molecule has 0 bridgehead atoms. The molecule has 4 N–H and O–H groups in total. The average molecular weight is 421 g/mol. The van der Waals surface area contributed by atoms with E-state index in [1.54, 1.807) is 0 Å². The molecule has 1 amide bonds. The summed E-state index contributed by atoms with van der Waals surface area (Å²) in [7, 11) is 0. The predicted molar refractivity (Wildman–Crippen MR) is 123 cm³/mol. The number of halogens is 1. The molecule has 0 unspecified atom stereocenters. The molecule has 0 saturated carbocycles. The van der Waals surface area contributed by atoms with Gasteiger partial charge in [0.05, 0.1) is 24.6 Å². The number of nitrogens with one attached hydrogen (secondary N) is 2. The minimum Gasteiger partial charge on any atom is -0.382 e. The van der Waals surface area contributed by atoms with Gasteiger partial charge in [-0.3, -0.25) is 9.69 Å². The Hall–Kier alpha value is -2.02. The number of amides is 1. The van der Waals surface area contributed by atoms with Crippen LogP contribution < -0.4 is 16.4 Å². The highest BCUT2D eigenvalue weighted by atomic mass is 35.5. The Bertz CT molecular complexity index is 804. The molecule has 1 heterocycles. The highest BCUT2D eigenvalue weighted by Gasteiger charge is 2.33. The standard InChI is InChI=1S/C22H32N4O2.ClH/c1-3-22(4-2,21(23)27)25-19-10-9-17-7-5-6-8-18(17)20(19)24-11-12-26-13-15-28-16-14-26;/h5-10,24-25H,3-4,11-16H2,1-2H3,(H2,23,27);1H. The third-order valence-electron chi connectivity index (χ3n) is 5.82. The number of hydrogen-bond acceptors (Lipinski definition) is 5. The summed E-state index contributed by atoms with van der Waals surface area (Å²) in [6.07, 6.45) is 1.28. The summed E-state index contributed by atoms with van der Waals surface area (Å²) < 4.78 is 5.43. The van der Waals surface area contributed by atoms with E-state index in [9.17, 15) is 4.79 Å². The van der Waals surface area contributed by atoms with Crippen molar-refractivity contribution < 1.29 is 9.53 Å². The van der Waals surface area contributed by atoms with Crippen LogP contribution in [0.25, 0.3) is 10.8 Å². The zero-order valence-electron chi connectivity index (χ0n) is 17.4. The number of benzene rings is 2. The van der Waals surface area contributed by atoms with E-state index >= 15 is 0 Å². The summed E-state index contributed by atoms with van der Waals surface area (Å²) in [5.74, 6) is -0.315. The third-order valence-corrected chi connectivity index (χ3v) is 5.82. The Kier molecular flexibility index (Phi) is 8.56. The van der Waals surface area contributed by atoms with Gasteiger partial charge in [0.15, 0.2) is 0 Å².